The van der Waals surface area contributed by atoms with Gasteiger partial charge in [0.15, 0.2) is 5.76 Å². The van der Waals surface area contributed by atoms with E-state index >= 15 is 0 Å². The summed E-state index contributed by atoms with van der Waals surface area (Å²) in [5.41, 5.74) is 1.52. The Kier molecular flexibility index (Phi) is 3.81. The summed E-state index contributed by atoms with van der Waals surface area (Å²) in [5.74, 6) is 2.01. The van der Waals surface area contributed by atoms with E-state index in [-0.39, 0.29) is 12.3 Å². The highest BCUT2D eigenvalue weighted by Gasteiger charge is 2.12. The molecule has 4 rings (SSSR count). The molecule has 3 heterocycles. The Morgan fingerprint density at radius 3 is 3.00 bits per heavy atom. The first-order valence-electron chi connectivity index (χ1n) is 7.84. The lowest BCUT2D eigenvalue weighted by Gasteiger charge is -2.03. The Morgan fingerprint density at radius 1 is 1.24 bits per heavy atom. The van der Waals surface area contributed by atoms with Crippen LogP contribution >= 0.6 is 0 Å². The van der Waals surface area contributed by atoms with Crippen molar-refractivity contribution in [3.8, 4) is 11.6 Å². The summed E-state index contributed by atoms with van der Waals surface area (Å²) in [5, 5.41) is 7.65. The number of hydrogen-bond donors (Lipinski definition) is 1. The number of nitrogens with zero attached hydrogens (tertiary/aromatic N) is 2. The van der Waals surface area contributed by atoms with Gasteiger partial charge in [-0.2, -0.15) is 4.98 Å². The van der Waals surface area contributed by atoms with Crippen molar-refractivity contribution in [2.75, 3.05) is 5.32 Å². The second-order valence-electron chi connectivity index (χ2n) is 5.65. The van der Waals surface area contributed by atoms with Crippen LogP contribution in [0.15, 0.2) is 56.0 Å². The van der Waals surface area contributed by atoms with Crippen LogP contribution < -0.4 is 5.32 Å². The third kappa shape index (κ3) is 3.30. The number of carbonyl (C=O) groups excluding carboxylic acids is 1. The van der Waals surface area contributed by atoms with Crippen LogP contribution in [0.25, 0.3) is 22.6 Å². The minimum absolute atomic E-state index is 0.127. The molecule has 0 saturated heterocycles. The van der Waals surface area contributed by atoms with Crippen LogP contribution in [-0.2, 0) is 11.2 Å². The quantitative estimate of drug-likeness (QED) is 0.592. The van der Waals surface area contributed by atoms with Crippen molar-refractivity contribution in [3.05, 3.63) is 54.3 Å². The molecule has 0 bridgehead atoms. The number of fused-ring (bicyclic) bond motifs is 1. The maximum absolute atomic E-state index is 12.1. The van der Waals surface area contributed by atoms with Crippen molar-refractivity contribution in [1.29, 1.82) is 0 Å². The van der Waals surface area contributed by atoms with Crippen LogP contribution in [0.2, 0.25) is 0 Å². The molecular weight excluding hydrogens is 322 g/mol. The Labute approximate surface area is 142 Å². The Balaban J connectivity index is 1.37. The van der Waals surface area contributed by atoms with E-state index < -0.39 is 0 Å². The van der Waals surface area contributed by atoms with Crippen LogP contribution in [0, 0.1) is 6.92 Å². The van der Waals surface area contributed by atoms with Crippen molar-refractivity contribution in [1.82, 2.24) is 10.1 Å². The van der Waals surface area contributed by atoms with E-state index in [1.807, 2.05) is 31.2 Å². The number of anilines is 1. The van der Waals surface area contributed by atoms with E-state index in [0.29, 0.717) is 23.9 Å². The molecule has 7 nitrogen and oxygen atoms in total. The van der Waals surface area contributed by atoms with Gasteiger partial charge in [-0.1, -0.05) is 5.16 Å². The van der Waals surface area contributed by atoms with Crippen molar-refractivity contribution in [3.63, 3.8) is 0 Å². The zero-order valence-electron chi connectivity index (χ0n) is 13.5. The molecule has 4 aromatic rings. The first kappa shape index (κ1) is 15.2. The fourth-order valence-electron chi connectivity index (χ4n) is 2.56. The number of amides is 1. The molecule has 3 aromatic heterocycles. The van der Waals surface area contributed by atoms with E-state index in [2.05, 4.69) is 15.5 Å². The van der Waals surface area contributed by atoms with Crippen molar-refractivity contribution < 1.29 is 18.2 Å². The third-order valence-corrected chi connectivity index (χ3v) is 3.70. The van der Waals surface area contributed by atoms with Gasteiger partial charge in [0.25, 0.3) is 0 Å². The number of hydrogen-bond acceptors (Lipinski definition) is 6. The highest BCUT2D eigenvalue weighted by Crippen LogP contribution is 2.23. The van der Waals surface area contributed by atoms with Crippen LogP contribution in [-0.4, -0.2) is 16.0 Å². The summed E-state index contributed by atoms with van der Waals surface area (Å²) >= 11 is 0. The summed E-state index contributed by atoms with van der Waals surface area (Å²) < 4.78 is 15.9. The molecule has 126 valence electrons. The predicted molar refractivity (Wildman–Crippen MR) is 89.9 cm³/mol. The van der Waals surface area contributed by atoms with Gasteiger partial charge in [0.2, 0.25) is 17.6 Å². The second-order valence-corrected chi connectivity index (χ2v) is 5.65. The molecule has 1 N–H and O–H groups in total. The summed E-state index contributed by atoms with van der Waals surface area (Å²) in [4.78, 5) is 16.3. The van der Waals surface area contributed by atoms with Crippen molar-refractivity contribution >= 4 is 22.6 Å². The summed E-state index contributed by atoms with van der Waals surface area (Å²) in [6.07, 6.45) is 2.13. The molecule has 0 unspecified atom stereocenters. The lowest BCUT2D eigenvalue weighted by Crippen LogP contribution is -2.12. The van der Waals surface area contributed by atoms with Crippen LogP contribution in [0.3, 0.4) is 0 Å². The average molecular weight is 337 g/mol. The number of aryl methyl sites for hydroxylation is 2. The van der Waals surface area contributed by atoms with Gasteiger partial charge in [-0.25, -0.2) is 0 Å². The van der Waals surface area contributed by atoms with Gasteiger partial charge in [0.1, 0.15) is 11.3 Å². The van der Waals surface area contributed by atoms with E-state index in [0.717, 1.165) is 22.4 Å². The molecule has 1 aromatic carbocycles. The lowest BCUT2D eigenvalue weighted by molar-refractivity contribution is -0.116. The fourth-order valence-corrected chi connectivity index (χ4v) is 2.56. The van der Waals surface area contributed by atoms with Gasteiger partial charge in [-0.3, -0.25) is 4.79 Å². The van der Waals surface area contributed by atoms with E-state index in [1.165, 1.54) is 6.26 Å². The minimum Gasteiger partial charge on any atom is -0.461 e. The Hall–Kier alpha value is -3.35. The standard InChI is InChI=1S/C18H15N3O4/c1-11-9-12-10-13(4-5-14(12)24-11)19-16(22)6-7-17-20-18(21-25-17)15-3-2-8-23-15/h2-5,8-10H,6-7H2,1H3,(H,19,22). The molecule has 25 heavy (non-hydrogen) atoms. The summed E-state index contributed by atoms with van der Waals surface area (Å²) in [6.45, 7) is 1.89. The molecule has 0 radical (unpaired) electrons. The normalized spacial score (nSPS) is 11.1. The van der Waals surface area contributed by atoms with E-state index in [9.17, 15) is 4.79 Å². The van der Waals surface area contributed by atoms with Gasteiger partial charge in [-0.15, -0.1) is 0 Å². The van der Waals surface area contributed by atoms with Crippen LogP contribution in [0.5, 0.6) is 0 Å². The molecule has 1 amide bonds. The van der Waals surface area contributed by atoms with E-state index in [1.54, 1.807) is 12.1 Å². The SMILES string of the molecule is Cc1cc2cc(NC(=O)CCc3nc(-c4ccco4)no3)ccc2o1. The second kappa shape index (κ2) is 6.27. The van der Waals surface area contributed by atoms with Gasteiger partial charge >= 0.3 is 0 Å². The first-order valence-corrected chi connectivity index (χ1v) is 7.84. The Morgan fingerprint density at radius 2 is 2.16 bits per heavy atom. The van der Waals surface area contributed by atoms with Crippen molar-refractivity contribution in [2.45, 2.75) is 19.8 Å². The first-order chi connectivity index (χ1) is 12.2. The maximum atomic E-state index is 12.1. The fraction of sp³-hybridized carbons (Fsp3) is 0.167. The summed E-state index contributed by atoms with van der Waals surface area (Å²) in [6, 6.07) is 11.0. The van der Waals surface area contributed by atoms with Gasteiger partial charge in [0, 0.05) is 23.9 Å². The predicted octanol–water partition coefficient (Wildman–Crippen LogP) is 3.96. The zero-order chi connectivity index (χ0) is 17.2. The highest BCUT2D eigenvalue weighted by atomic mass is 16.5. The number of nitrogens with one attached hydrogen (secondary N) is 1. The number of carbonyl (C=O) groups is 1. The van der Waals surface area contributed by atoms with E-state index in [4.69, 9.17) is 13.4 Å². The third-order valence-electron chi connectivity index (χ3n) is 3.70. The number of benzene rings is 1. The largest absolute Gasteiger partial charge is 0.461 e. The zero-order valence-corrected chi connectivity index (χ0v) is 13.5. The molecule has 0 aliphatic heterocycles. The summed E-state index contributed by atoms with van der Waals surface area (Å²) in [7, 11) is 0. The minimum atomic E-state index is -0.127. The molecule has 0 aliphatic rings. The number of aromatic nitrogens is 2. The molecular formula is C18H15N3O4. The molecule has 7 heteroatoms. The lowest BCUT2D eigenvalue weighted by atomic mass is 10.2. The molecule has 0 fully saturated rings. The number of furan rings is 2. The molecule has 0 atom stereocenters. The van der Waals surface area contributed by atoms with Gasteiger partial charge in [0.05, 0.1) is 6.26 Å². The molecule has 0 aliphatic carbocycles. The topological polar surface area (TPSA) is 94.3 Å². The molecule has 0 saturated carbocycles. The average Bonchev–Trinajstić information content (AvgIpc) is 3.32. The van der Waals surface area contributed by atoms with Crippen molar-refractivity contribution in [2.24, 2.45) is 0 Å². The monoisotopic (exact) mass is 337 g/mol. The van der Waals surface area contributed by atoms with Gasteiger partial charge in [-0.05, 0) is 43.3 Å². The van der Waals surface area contributed by atoms with Crippen LogP contribution in [0.1, 0.15) is 18.1 Å². The van der Waals surface area contributed by atoms with Crippen LogP contribution in [0.4, 0.5) is 5.69 Å². The highest BCUT2D eigenvalue weighted by molar-refractivity contribution is 5.93. The number of rotatable bonds is 5. The maximum Gasteiger partial charge on any atom is 0.238 e. The smallest absolute Gasteiger partial charge is 0.238 e. The van der Waals surface area contributed by atoms with Gasteiger partial charge < -0.3 is 18.7 Å². The molecule has 0 spiro atoms. The Bertz CT molecular complexity index is 1010.